The SMILES string of the molecule is NC(=Nc1cccnc1Br)c1ccccc1. The summed E-state index contributed by atoms with van der Waals surface area (Å²) >= 11 is 3.32. The maximum Gasteiger partial charge on any atom is 0.131 e. The first-order valence-corrected chi connectivity index (χ1v) is 5.57. The molecule has 0 saturated heterocycles. The van der Waals surface area contributed by atoms with Gasteiger partial charge in [0.05, 0.1) is 5.69 Å². The molecule has 0 radical (unpaired) electrons. The lowest BCUT2D eigenvalue weighted by Gasteiger charge is -2.01. The fourth-order valence-electron chi connectivity index (χ4n) is 1.26. The molecule has 2 rings (SSSR count). The first-order valence-electron chi connectivity index (χ1n) is 4.77. The van der Waals surface area contributed by atoms with E-state index in [1.165, 1.54) is 0 Å². The average Bonchev–Trinajstić information content (AvgIpc) is 2.33. The molecule has 1 aromatic heterocycles. The Kier molecular flexibility index (Phi) is 3.31. The Hall–Kier alpha value is -1.68. The third kappa shape index (κ3) is 2.46. The summed E-state index contributed by atoms with van der Waals surface area (Å²) < 4.78 is 0.689. The molecular formula is C12H10BrN3. The fourth-order valence-corrected chi connectivity index (χ4v) is 1.60. The Bertz CT molecular complexity index is 509. The molecule has 0 amide bonds. The average molecular weight is 276 g/mol. The summed E-state index contributed by atoms with van der Waals surface area (Å²) in [5.74, 6) is 0.481. The van der Waals surface area contributed by atoms with Gasteiger partial charge in [-0.25, -0.2) is 9.98 Å². The van der Waals surface area contributed by atoms with Gasteiger partial charge in [-0.3, -0.25) is 0 Å². The molecule has 2 aromatic rings. The second-order valence-electron chi connectivity index (χ2n) is 3.18. The summed E-state index contributed by atoms with van der Waals surface area (Å²) in [6.45, 7) is 0. The topological polar surface area (TPSA) is 51.3 Å². The summed E-state index contributed by atoms with van der Waals surface area (Å²) in [6, 6.07) is 13.3. The number of hydrogen-bond donors (Lipinski definition) is 1. The van der Waals surface area contributed by atoms with Crippen molar-refractivity contribution in [3.63, 3.8) is 0 Å². The zero-order valence-corrected chi connectivity index (χ0v) is 10.1. The molecule has 16 heavy (non-hydrogen) atoms. The lowest BCUT2D eigenvalue weighted by atomic mass is 10.2. The number of aromatic nitrogens is 1. The van der Waals surface area contributed by atoms with E-state index in [4.69, 9.17) is 5.73 Å². The summed E-state index contributed by atoms with van der Waals surface area (Å²) in [4.78, 5) is 8.39. The van der Waals surface area contributed by atoms with Gasteiger partial charge in [-0.05, 0) is 28.1 Å². The lowest BCUT2D eigenvalue weighted by molar-refractivity contribution is 1.25. The van der Waals surface area contributed by atoms with Crippen LogP contribution in [0, 0.1) is 0 Å². The predicted molar refractivity (Wildman–Crippen MR) is 68.8 cm³/mol. The van der Waals surface area contributed by atoms with Gasteiger partial charge in [-0.2, -0.15) is 0 Å². The van der Waals surface area contributed by atoms with Gasteiger partial charge in [0.25, 0.3) is 0 Å². The minimum atomic E-state index is 0.481. The van der Waals surface area contributed by atoms with Crippen LogP contribution in [0.15, 0.2) is 58.3 Å². The van der Waals surface area contributed by atoms with E-state index < -0.39 is 0 Å². The molecule has 0 aliphatic carbocycles. The predicted octanol–water partition coefficient (Wildman–Crippen LogP) is 2.88. The van der Waals surface area contributed by atoms with Crippen LogP contribution >= 0.6 is 15.9 Å². The van der Waals surface area contributed by atoms with E-state index >= 15 is 0 Å². The Morgan fingerprint density at radius 1 is 1.12 bits per heavy atom. The van der Waals surface area contributed by atoms with E-state index in [0.29, 0.717) is 10.4 Å². The number of halogens is 1. The van der Waals surface area contributed by atoms with Gasteiger partial charge in [0.1, 0.15) is 10.4 Å². The molecule has 0 unspecified atom stereocenters. The molecule has 1 aromatic carbocycles. The normalized spacial score (nSPS) is 11.4. The third-order valence-electron chi connectivity index (χ3n) is 2.05. The second kappa shape index (κ2) is 4.90. The van der Waals surface area contributed by atoms with Crippen LogP contribution in [-0.4, -0.2) is 10.8 Å². The first kappa shape index (κ1) is 10.8. The smallest absolute Gasteiger partial charge is 0.131 e. The number of nitrogens with two attached hydrogens (primary N) is 1. The van der Waals surface area contributed by atoms with E-state index in [1.807, 2.05) is 42.5 Å². The van der Waals surface area contributed by atoms with Crippen molar-refractivity contribution in [2.75, 3.05) is 0 Å². The van der Waals surface area contributed by atoms with E-state index in [9.17, 15) is 0 Å². The van der Waals surface area contributed by atoms with Crippen molar-refractivity contribution in [1.29, 1.82) is 0 Å². The maximum atomic E-state index is 5.90. The van der Waals surface area contributed by atoms with Crippen molar-refractivity contribution < 1.29 is 0 Å². The minimum Gasteiger partial charge on any atom is -0.383 e. The molecule has 0 atom stereocenters. The van der Waals surface area contributed by atoms with E-state index in [0.717, 1.165) is 11.3 Å². The van der Waals surface area contributed by atoms with E-state index in [2.05, 4.69) is 25.9 Å². The van der Waals surface area contributed by atoms with Gasteiger partial charge in [0.2, 0.25) is 0 Å². The Morgan fingerprint density at radius 3 is 2.56 bits per heavy atom. The Labute approximate surface area is 102 Å². The highest BCUT2D eigenvalue weighted by molar-refractivity contribution is 9.10. The zero-order chi connectivity index (χ0) is 11.4. The van der Waals surface area contributed by atoms with E-state index in [1.54, 1.807) is 6.20 Å². The van der Waals surface area contributed by atoms with Crippen molar-refractivity contribution in [2.24, 2.45) is 10.7 Å². The number of hydrogen-bond acceptors (Lipinski definition) is 2. The van der Waals surface area contributed by atoms with Crippen LogP contribution in [0.2, 0.25) is 0 Å². The van der Waals surface area contributed by atoms with Gasteiger partial charge < -0.3 is 5.73 Å². The maximum absolute atomic E-state index is 5.90. The monoisotopic (exact) mass is 275 g/mol. The number of rotatable bonds is 2. The number of amidine groups is 1. The van der Waals surface area contributed by atoms with Crippen LogP contribution in [-0.2, 0) is 0 Å². The molecular weight excluding hydrogens is 266 g/mol. The Balaban J connectivity index is 2.36. The quantitative estimate of drug-likeness (QED) is 0.521. The zero-order valence-electron chi connectivity index (χ0n) is 8.47. The second-order valence-corrected chi connectivity index (χ2v) is 3.93. The van der Waals surface area contributed by atoms with Crippen molar-refractivity contribution in [2.45, 2.75) is 0 Å². The molecule has 0 fully saturated rings. The fraction of sp³-hybridized carbons (Fsp3) is 0. The summed E-state index contributed by atoms with van der Waals surface area (Å²) in [5, 5.41) is 0. The summed E-state index contributed by atoms with van der Waals surface area (Å²) in [6.07, 6.45) is 1.70. The number of aliphatic imine (C=N–C) groups is 1. The molecule has 0 aliphatic heterocycles. The van der Waals surface area contributed by atoms with Crippen LogP contribution in [0.25, 0.3) is 0 Å². The molecule has 0 aliphatic rings. The Morgan fingerprint density at radius 2 is 1.88 bits per heavy atom. The first-order chi connectivity index (χ1) is 7.77. The third-order valence-corrected chi connectivity index (χ3v) is 2.66. The van der Waals surface area contributed by atoms with Crippen LogP contribution in [0.4, 0.5) is 5.69 Å². The van der Waals surface area contributed by atoms with Crippen LogP contribution in [0.3, 0.4) is 0 Å². The molecule has 4 heteroatoms. The van der Waals surface area contributed by atoms with Crippen LogP contribution in [0.5, 0.6) is 0 Å². The van der Waals surface area contributed by atoms with Gasteiger partial charge in [-0.1, -0.05) is 30.3 Å². The molecule has 0 spiro atoms. The van der Waals surface area contributed by atoms with Gasteiger partial charge in [0.15, 0.2) is 0 Å². The van der Waals surface area contributed by atoms with Crippen molar-refractivity contribution >= 4 is 27.5 Å². The molecule has 0 bridgehead atoms. The molecule has 0 saturated carbocycles. The molecule has 3 nitrogen and oxygen atoms in total. The number of nitrogens with zero attached hydrogens (tertiary/aromatic N) is 2. The largest absolute Gasteiger partial charge is 0.383 e. The van der Waals surface area contributed by atoms with Crippen LogP contribution < -0.4 is 5.73 Å². The van der Waals surface area contributed by atoms with Crippen LogP contribution in [0.1, 0.15) is 5.56 Å². The highest BCUT2D eigenvalue weighted by atomic mass is 79.9. The molecule has 2 N–H and O–H groups in total. The minimum absolute atomic E-state index is 0.481. The standard InChI is InChI=1S/C12H10BrN3/c13-11-10(7-4-8-15-11)16-12(14)9-5-2-1-3-6-9/h1-8H,(H2,14,16). The highest BCUT2D eigenvalue weighted by Crippen LogP contribution is 2.22. The number of benzene rings is 1. The molecule has 1 heterocycles. The van der Waals surface area contributed by atoms with Crippen molar-refractivity contribution in [1.82, 2.24) is 4.98 Å². The van der Waals surface area contributed by atoms with Gasteiger partial charge in [0, 0.05) is 11.8 Å². The van der Waals surface area contributed by atoms with Crippen molar-refractivity contribution in [3.8, 4) is 0 Å². The summed E-state index contributed by atoms with van der Waals surface area (Å²) in [7, 11) is 0. The van der Waals surface area contributed by atoms with Gasteiger partial charge >= 0.3 is 0 Å². The van der Waals surface area contributed by atoms with Crippen molar-refractivity contribution in [3.05, 3.63) is 58.8 Å². The van der Waals surface area contributed by atoms with E-state index in [-0.39, 0.29) is 0 Å². The highest BCUT2D eigenvalue weighted by Gasteiger charge is 2.00. The lowest BCUT2D eigenvalue weighted by Crippen LogP contribution is -2.12. The number of pyridine rings is 1. The molecule has 80 valence electrons. The summed E-state index contributed by atoms with van der Waals surface area (Å²) in [5.41, 5.74) is 7.52. The van der Waals surface area contributed by atoms with Gasteiger partial charge in [-0.15, -0.1) is 0 Å².